The summed E-state index contributed by atoms with van der Waals surface area (Å²) in [5.74, 6) is -1.12. The number of hydrogen-bond donors (Lipinski definition) is 1. The molecule has 1 aromatic carbocycles. The van der Waals surface area contributed by atoms with Crippen molar-refractivity contribution in [3.63, 3.8) is 0 Å². The number of hydrogen-bond acceptors (Lipinski definition) is 3. The summed E-state index contributed by atoms with van der Waals surface area (Å²) in [6, 6.07) is 7.23. The first-order valence-electron chi connectivity index (χ1n) is 5.66. The third-order valence-electron chi connectivity index (χ3n) is 2.59. The van der Waals surface area contributed by atoms with E-state index in [9.17, 15) is 4.79 Å². The lowest BCUT2D eigenvalue weighted by molar-refractivity contribution is 0.0656. The second-order valence-electron chi connectivity index (χ2n) is 3.80. The minimum atomic E-state index is -1.07. The molecule has 4 heteroatoms. The summed E-state index contributed by atoms with van der Waals surface area (Å²) in [6.45, 7) is 2.58. The van der Waals surface area contributed by atoms with Crippen LogP contribution in [0.15, 0.2) is 40.8 Å². The van der Waals surface area contributed by atoms with Gasteiger partial charge < -0.3 is 14.3 Å². The van der Waals surface area contributed by atoms with Crippen molar-refractivity contribution in [2.75, 3.05) is 6.61 Å². The normalized spacial score (nSPS) is 11.4. The molecule has 0 fully saturated rings. The first-order valence-corrected chi connectivity index (χ1v) is 5.66. The Morgan fingerprint density at radius 2 is 2.22 bits per heavy atom. The second kappa shape index (κ2) is 5.51. The number of ether oxygens (including phenoxy) is 1. The van der Waals surface area contributed by atoms with Gasteiger partial charge in [-0.2, -0.15) is 0 Å². The summed E-state index contributed by atoms with van der Waals surface area (Å²) in [6.07, 6.45) is 3.74. The third-order valence-corrected chi connectivity index (χ3v) is 2.59. The Morgan fingerprint density at radius 3 is 2.94 bits per heavy atom. The molecular weight excluding hydrogens is 232 g/mol. The minimum Gasteiger partial charge on any atom is -0.475 e. The molecule has 0 unspecified atom stereocenters. The Balaban J connectivity index is 2.33. The highest BCUT2D eigenvalue weighted by Gasteiger charge is 2.19. The lowest BCUT2D eigenvalue weighted by Crippen LogP contribution is -2.01. The van der Waals surface area contributed by atoms with Crippen LogP contribution in [-0.4, -0.2) is 17.7 Å². The van der Waals surface area contributed by atoms with E-state index in [2.05, 4.69) is 0 Å². The highest BCUT2D eigenvalue weighted by molar-refractivity contribution is 5.94. The van der Waals surface area contributed by atoms with Gasteiger partial charge in [0.1, 0.15) is 5.58 Å². The smallest absolute Gasteiger partial charge is 0.372 e. The lowest BCUT2D eigenvalue weighted by atomic mass is 10.1. The van der Waals surface area contributed by atoms with E-state index in [4.69, 9.17) is 14.3 Å². The molecule has 0 aliphatic rings. The molecule has 0 aliphatic carbocycles. The van der Waals surface area contributed by atoms with Gasteiger partial charge in [0.2, 0.25) is 5.76 Å². The van der Waals surface area contributed by atoms with Crippen LogP contribution < -0.4 is 0 Å². The molecule has 0 atom stereocenters. The molecule has 0 bridgehead atoms. The minimum absolute atomic E-state index is 0.0447. The van der Waals surface area contributed by atoms with Gasteiger partial charge in [-0.15, -0.1) is 0 Å². The van der Waals surface area contributed by atoms with Crippen molar-refractivity contribution in [1.82, 2.24) is 0 Å². The molecule has 2 rings (SSSR count). The first kappa shape index (κ1) is 12.4. The maximum absolute atomic E-state index is 11.1. The summed E-state index contributed by atoms with van der Waals surface area (Å²) in [5, 5.41) is 9.89. The number of para-hydroxylation sites is 1. The Hall–Kier alpha value is -2.07. The van der Waals surface area contributed by atoms with Gasteiger partial charge in [0.25, 0.3) is 0 Å². The van der Waals surface area contributed by atoms with Crippen molar-refractivity contribution in [3.05, 3.63) is 47.7 Å². The zero-order valence-electron chi connectivity index (χ0n) is 10.1. The Labute approximate surface area is 104 Å². The fraction of sp³-hybridized carbons (Fsp3) is 0.214. The fourth-order valence-corrected chi connectivity index (χ4v) is 1.74. The van der Waals surface area contributed by atoms with Crippen molar-refractivity contribution in [3.8, 4) is 0 Å². The predicted molar refractivity (Wildman–Crippen MR) is 67.6 cm³/mol. The molecule has 1 heterocycles. The molecule has 0 aliphatic heterocycles. The SMILES string of the molecule is CC=CCOCc1c(C(=O)O)oc2ccccc12. The summed E-state index contributed by atoms with van der Waals surface area (Å²) in [4.78, 5) is 11.1. The second-order valence-corrected chi connectivity index (χ2v) is 3.80. The van der Waals surface area contributed by atoms with Crippen LogP contribution in [0, 0.1) is 0 Å². The molecule has 0 saturated carbocycles. The van der Waals surface area contributed by atoms with Crippen molar-refractivity contribution in [2.24, 2.45) is 0 Å². The number of carboxylic acids is 1. The largest absolute Gasteiger partial charge is 0.475 e. The number of carboxylic acid groups (broad SMARTS) is 1. The summed E-state index contributed by atoms with van der Waals surface area (Å²) in [5.41, 5.74) is 1.15. The first-order chi connectivity index (χ1) is 8.74. The van der Waals surface area contributed by atoms with Gasteiger partial charge in [0, 0.05) is 10.9 Å². The zero-order chi connectivity index (χ0) is 13.0. The highest BCUT2D eigenvalue weighted by Crippen LogP contribution is 2.26. The third kappa shape index (κ3) is 2.43. The Kier molecular flexibility index (Phi) is 3.79. The molecule has 4 nitrogen and oxygen atoms in total. The molecule has 0 saturated heterocycles. The van der Waals surface area contributed by atoms with E-state index in [0.29, 0.717) is 17.8 Å². The van der Waals surface area contributed by atoms with E-state index < -0.39 is 5.97 Å². The molecule has 18 heavy (non-hydrogen) atoms. The van der Waals surface area contributed by atoms with Gasteiger partial charge in [0.15, 0.2) is 0 Å². The van der Waals surface area contributed by atoms with Crippen LogP contribution in [0.3, 0.4) is 0 Å². The number of carbonyl (C=O) groups is 1. The predicted octanol–water partition coefficient (Wildman–Crippen LogP) is 3.22. The molecule has 0 radical (unpaired) electrons. The summed E-state index contributed by atoms with van der Waals surface area (Å²) >= 11 is 0. The monoisotopic (exact) mass is 246 g/mol. The van der Waals surface area contributed by atoms with E-state index >= 15 is 0 Å². The average molecular weight is 246 g/mol. The van der Waals surface area contributed by atoms with E-state index in [1.165, 1.54) is 0 Å². The average Bonchev–Trinajstić information content (AvgIpc) is 2.74. The number of furan rings is 1. The van der Waals surface area contributed by atoms with Crippen LogP contribution in [0.1, 0.15) is 23.0 Å². The van der Waals surface area contributed by atoms with Gasteiger partial charge in [-0.3, -0.25) is 0 Å². The Bertz CT molecular complexity index is 580. The zero-order valence-corrected chi connectivity index (χ0v) is 10.1. The van der Waals surface area contributed by atoms with Crippen molar-refractivity contribution in [1.29, 1.82) is 0 Å². The molecule has 1 N–H and O–H groups in total. The standard InChI is InChI=1S/C14H14O4/c1-2-3-8-17-9-11-10-6-4-5-7-12(10)18-13(11)14(15)16/h2-7H,8-9H2,1H3,(H,15,16). The number of allylic oxidation sites excluding steroid dienone is 1. The van der Waals surface area contributed by atoms with Gasteiger partial charge >= 0.3 is 5.97 Å². The van der Waals surface area contributed by atoms with Gasteiger partial charge in [-0.25, -0.2) is 4.79 Å². The van der Waals surface area contributed by atoms with Crippen LogP contribution in [0.2, 0.25) is 0 Å². The maximum Gasteiger partial charge on any atom is 0.372 e. The van der Waals surface area contributed by atoms with Gasteiger partial charge in [0.05, 0.1) is 13.2 Å². The van der Waals surface area contributed by atoms with Crippen molar-refractivity contribution < 1.29 is 19.1 Å². The molecular formula is C14H14O4. The van der Waals surface area contributed by atoms with E-state index in [1.54, 1.807) is 6.07 Å². The van der Waals surface area contributed by atoms with Gasteiger partial charge in [-0.05, 0) is 13.0 Å². The lowest BCUT2D eigenvalue weighted by Gasteiger charge is -2.00. The summed E-state index contributed by atoms with van der Waals surface area (Å²) in [7, 11) is 0. The van der Waals surface area contributed by atoms with E-state index in [-0.39, 0.29) is 12.4 Å². The fourth-order valence-electron chi connectivity index (χ4n) is 1.74. The number of benzene rings is 1. The number of fused-ring (bicyclic) bond motifs is 1. The number of rotatable bonds is 5. The van der Waals surface area contributed by atoms with Crippen molar-refractivity contribution >= 4 is 16.9 Å². The quantitative estimate of drug-likeness (QED) is 0.650. The van der Waals surface area contributed by atoms with Gasteiger partial charge in [-0.1, -0.05) is 30.4 Å². The summed E-state index contributed by atoms with van der Waals surface area (Å²) < 4.78 is 10.7. The van der Waals surface area contributed by atoms with E-state index in [0.717, 1.165) is 5.39 Å². The maximum atomic E-state index is 11.1. The van der Waals surface area contributed by atoms with Crippen LogP contribution >= 0.6 is 0 Å². The van der Waals surface area contributed by atoms with Crippen molar-refractivity contribution in [2.45, 2.75) is 13.5 Å². The number of aromatic carboxylic acids is 1. The topological polar surface area (TPSA) is 59.7 Å². The molecule has 94 valence electrons. The van der Waals surface area contributed by atoms with E-state index in [1.807, 2.05) is 37.3 Å². The van der Waals surface area contributed by atoms with Crippen LogP contribution in [0.4, 0.5) is 0 Å². The molecule has 2 aromatic rings. The van der Waals surface area contributed by atoms with Crippen LogP contribution in [-0.2, 0) is 11.3 Å². The highest BCUT2D eigenvalue weighted by atomic mass is 16.5. The van der Waals surface area contributed by atoms with Crippen LogP contribution in [0.25, 0.3) is 11.0 Å². The molecule has 0 spiro atoms. The van der Waals surface area contributed by atoms with Crippen LogP contribution in [0.5, 0.6) is 0 Å². The molecule has 1 aromatic heterocycles. The Morgan fingerprint density at radius 1 is 1.44 bits per heavy atom. The molecule has 0 amide bonds.